The van der Waals surface area contributed by atoms with E-state index in [1.54, 1.807) is 6.08 Å². The Hall–Kier alpha value is -3.68. The van der Waals surface area contributed by atoms with Gasteiger partial charge in [0.1, 0.15) is 24.4 Å². The number of esters is 1. The van der Waals surface area contributed by atoms with Crippen molar-refractivity contribution in [2.45, 2.75) is 262 Å². The highest BCUT2D eigenvalue weighted by atomic mass is 16.7. The smallest absolute Gasteiger partial charge is 0.306 e. The molecule has 1 heterocycles. The minimum Gasteiger partial charge on any atom is -0.454 e. The van der Waals surface area contributed by atoms with Crippen molar-refractivity contribution in [2.24, 2.45) is 0 Å². The number of unbranched alkanes of at least 4 members (excludes halogenated alkanes) is 18. The molecule has 0 aromatic heterocycles. The average molecular weight is 1040 g/mol. The average Bonchev–Trinajstić information content (AvgIpc) is 3.40. The summed E-state index contributed by atoms with van der Waals surface area (Å²) in [5, 5.41) is 56.8. The van der Waals surface area contributed by atoms with Gasteiger partial charge in [0.25, 0.3) is 0 Å². The fraction of sp³-hybridized carbons (Fsp3) is 0.683. The van der Waals surface area contributed by atoms with Crippen molar-refractivity contribution in [1.29, 1.82) is 0 Å². The van der Waals surface area contributed by atoms with Crippen LogP contribution in [0.25, 0.3) is 0 Å². The van der Waals surface area contributed by atoms with Crippen LogP contribution >= 0.6 is 0 Å². The molecule has 11 nitrogen and oxygen atoms in total. The van der Waals surface area contributed by atoms with Crippen LogP contribution in [0.5, 0.6) is 0 Å². The molecule has 0 bridgehead atoms. The Bertz CT molecular complexity index is 1610. The van der Waals surface area contributed by atoms with Gasteiger partial charge < -0.3 is 45.1 Å². The topological polar surface area (TPSA) is 175 Å². The van der Waals surface area contributed by atoms with Gasteiger partial charge in [0.15, 0.2) is 12.4 Å². The molecule has 0 radical (unpaired) electrons. The third kappa shape index (κ3) is 38.0. The lowest BCUT2D eigenvalue weighted by molar-refractivity contribution is -0.305. The maximum Gasteiger partial charge on any atom is 0.306 e. The van der Waals surface area contributed by atoms with Crippen LogP contribution in [0.15, 0.2) is 109 Å². The molecule has 0 aromatic carbocycles. The first kappa shape index (κ1) is 68.3. The van der Waals surface area contributed by atoms with E-state index < -0.39 is 67.4 Å². The molecule has 1 aliphatic heterocycles. The van der Waals surface area contributed by atoms with E-state index in [9.17, 15) is 35.1 Å². The number of hydrogen-bond donors (Lipinski definition) is 6. The van der Waals surface area contributed by atoms with Crippen LogP contribution in [0.1, 0.15) is 213 Å². The van der Waals surface area contributed by atoms with E-state index in [2.05, 4.69) is 111 Å². The summed E-state index contributed by atoms with van der Waals surface area (Å²) < 4.78 is 17.5. The molecule has 0 spiro atoms. The lowest BCUT2D eigenvalue weighted by Crippen LogP contribution is -2.61. The van der Waals surface area contributed by atoms with Crippen LogP contribution in [0.4, 0.5) is 0 Å². The highest BCUT2D eigenvalue weighted by molar-refractivity contribution is 5.80. The molecule has 11 heteroatoms. The van der Waals surface area contributed by atoms with Gasteiger partial charge >= 0.3 is 5.97 Å². The summed E-state index contributed by atoms with van der Waals surface area (Å²) in [5.74, 6) is -1.31. The lowest BCUT2D eigenvalue weighted by atomic mass is 9.99. The first-order valence-electron chi connectivity index (χ1n) is 29.2. The molecular formula is C63H105NO10. The predicted octanol–water partition coefficient (Wildman–Crippen LogP) is 13.3. The van der Waals surface area contributed by atoms with Crippen molar-refractivity contribution in [2.75, 3.05) is 13.2 Å². The van der Waals surface area contributed by atoms with Crippen molar-refractivity contribution in [1.82, 2.24) is 5.32 Å². The van der Waals surface area contributed by atoms with Crippen molar-refractivity contribution in [3.8, 4) is 0 Å². The van der Waals surface area contributed by atoms with Gasteiger partial charge in [-0.15, -0.1) is 0 Å². The van der Waals surface area contributed by atoms with E-state index in [-0.39, 0.29) is 19.4 Å². The molecule has 0 aliphatic carbocycles. The fourth-order valence-corrected chi connectivity index (χ4v) is 8.31. The summed E-state index contributed by atoms with van der Waals surface area (Å²) in [6.07, 6.45) is 57.1. The second-order valence-electron chi connectivity index (χ2n) is 19.7. The molecule has 0 saturated carbocycles. The van der Waals surface area contributed by atoms with Crippen LogP contribution in [-0.4, -0.2) is 99.6 Å². The Morgan fingerprint density at radius 2 is 1.01 bits per heavy atom. The normalized spacial score (nSPS) is 20.1. The SMILES string of the molecule is CC/C=C\C/C=C\C/C=C\C/C=C\C/C=C\C/C=C\CCC(=O)OC1C(OCC(NC(=O)C(O)CCCCCCC/C=C/C=C/CCCCC)C(O)/C=C/CCCCCCCCCCCC)OC(CO)C(O)C1O. The standard InChI is InChI=1S/C63H105NO10/c1-4-7-10-13-16-19-22-25-27-28-29-30-31-33-36-39-42-45-48-51-58(68)74-61-60(70)59(69)57(52-65)73-63(61)72-53-54(55(66)49-46-43-40-37-34-24-21-18-15-12-9-6-3)64-62(71)56(67)50-47-44-41-38-35-32-26-23-20-17-14-11-8-5-2/h7,10,16-17,19-20,23,25-27,29-30,33,36,42,45-46,49,54-57,59-61,63,65-67,69-70H,4-6,8-9,11-15,18,21-22,24,28,31-32,34-35,37-41,43-44,47-48,50-53H2,1-3H3,(H,64,71)/b10-7-,19-16-,20-17+,26-23+,27-25-,30-29-,36-33-,45-42-,49-46+. The molecule has 6 N–H and O–H groups in total. The molecule has 1 rings (SSSR count). The van der Waals surface area contributed by atoms with Gasteiger partial charge in [-0.25, -0.2) is 0 Å². The van der Waals surface area contributed by atoms with E-state index in [1.165, 1.54) is 64.2 Å². The molecule has 1 saturated heterocycles. The third-order valence-corrected chi connectivity index (χ3v) is 12.9. The number of amides is 1. The molecule has 1 aliphatic rings. The number of carbonyl (C=O) groups is 2. The highest BCUT2D eigenvalue weighted by Crippen LogP contribution is 2.26. The maximum absolute atomic E-state index is 13.4. The van der Waals surface area contributed by atoms with Gasteiger partial charge in [-0.3, -0.25) is 9.59 Å². The Morgan fingerprint density at radius 1 is 0.554 bits per heavy atom. The summed E-state index contributed by atoms with van der Waals surface area (Å²) in [6, 6.07) is -1.05. The van der Waals surface area contributed by atoms with E-state index in [1.807, 2.05) is 18.2 Å². The number of hydrogen-bond acceptors (Lipinski definition) is 10. The zero-order valence-corrected chi connectivity index (χ0v) is 46.4. The van der Waals surface area contributed by atoms with Crippen LogP contribution in [0, 0.1) is 0 Å². The summed E-state index contributed by atoms with van der Waals surface area (Å²) >= 11 is 0. The Balaban J connectivity index is 2.78. The minimum atomic E-state index is -1.65. The number of aliphatic hydroxyl groups excluding tert-OH is 5. The molecule has 8 unspecified atom stereocenters. The number of carbonyl (C=O) groups excluding carboxylic acids is 2. The lowest BCUT2D eigenvalue weighted by Gasteiger charge is -2.41. The summed E-state index contributed by atoms with van der Waals surface area (Å²) in [5.41, 5.74) is 0. The zero-order chi connectivity index (χ0) is 54.0. The Labute approximate surface area is 449 Å². The fourth-order valence-electron chi connectivity index (χ4n) is 8.31. The molecule has 0 aromatic rings. The van der Waals surface area contributed by atoms with Crippen molar-refractivity contribution < 1.29 is 49.3 Å². The summed E-state index contributed by atoms with van der Waals surface area (Å²) in [6.45, 7) is 5.57. The van der Waals surface area contributed by atoms with Crippen LogP contribution in [0.2, 0.25) is 0 Å². The molecular weight excluding hydrogens is 931 g/mol. The van der Waals surface area contributed by atoms with Crippen molar-refractivity contribution >= 4 is 11.9 Å². The molecule has 1 fully saturated rings. The van der Waals surface area contributed by atoms with E-state index in [0.29, 0.717) is 19.3 Å². The monoisotopic (exact) mass is 1040 g/mol. The second-order valence-corrected chi connectivity index (χ2v) is 19.7. The predicted molar refractivity (Wildman–Crippen MR) is 305 cm³/mol. The summed E-state index contributed by atoms with van der Waals surface area (Å²) in [7, 11) is 0. The van der Waals surface area contributed by atoms with Gasteiger partial charge in [-0.2, -0.15) is 0 Å². The van der Waals surface area contributed by atoms with Crippen LogP contribution in [-0.2, 0) is 23.8 Å². The van der Waals surface area contributed by atoms with Gasteiger partial charge in [0, 0.05) is 6.42 Å². The highest BCUT2D eigenvalue weighted by Gasteiger charge is 2.47. The molecule has 422 valence electrons. The largest absolute Gasteiger partial charge is 0.454 e. The van der Waals surface area contributed by atoms with Gasteiger partial charge in [-0.05, 0) is 89.9 Å². The van der Waals surface area contributed by atoms with Gasteiger partial charge in [-0.1, -0.05) is 226 Å². The first-order chi connectivity index (χ1) is 36.2. The van der Waals surface area contributed by atoms with E-state index in [0.717, 1.165) is 96.3 Å². The molecule has 1 amide bonds. The van der Waals surface area contributed by atoms with E-state index in [4.69, 9.17) is 14.2 Å². The maximum atomic E-state index is 13.4. The number of ether oxygens (including phenoxy) is 3. The second kappa shape index (κ2) is 50.2. The molecule has 74 heavy (non-hydrogen) atoms. The van der Waals surface area contributed by atoms with Crippen molar-refractivity contribution in [3.05, 3.63) is 109 Å². The van der Waals surface area contributed by atoms with Gasteiger partial charge in [0.05, 0.1) is 25.4 Å². The Morgan fingerprint density at radius 3 is 1.54 bits per heavy atom. The van der Waals surface area contributed by atoms with Crippen LogP contribution in [0.3, 0.4) is 0 Å². The number of allylic oxidation sites excluding steroid dienone is 17. The van der Waals surface area contributed by atoms with Gasteiger partial charge in [0.2, 0.25) is 5.91 Å². The third-order valence-electron chi connectivity index (χ3n) is 12.9. The van der Waals surface area contributed by atoms with E-state index >= 15 is 0 Å². The first-order valence-corrected chi connectivity index (χ1v) is 29.2. The quantitative estimate of drug-likeness (QED) is 0.0149. The van der Waals surface area contributed by atoms with Crippen LogP contribution < -0.4 is 5.32 Å². The zero-order valence-electron chi connectivity index (χ0n) is 46.4. The number of nitrogens with one attached hydrogen (secondary N) is 1. The van der Waals surface area contributed by atoms with Crippen molar-refractivity contribution in [3.63, 3.8) is 0 Å². The summed E-state index contributed by atoms with van der Waals surface area (Å²) in [4.78, 5) is 26.4. The molecule has 8 atom stereocenters. The number of rotatable bonds is 47. The Kier molecular flexibility index (Phi) is 46.3. The minimum absolute atomic E-state index is 0.00870. The number of aliphatic hydroxyl groups is 5.